The molecule has 1 atom stereocenters. The lowest BCUT2D eigenvalue weighted by Crippen LogP contribution is -2.39. The fourth-order valence-electron chi connectivity index (χ4n) is 3.28. The predicted octanol–water partition coefficient (Wildman–Crippen LogP) is 4.26. The first-order valence-electron chi connectivity index (χ1n) is 8.48. The molecule has 0 N–H and O–H groups in total. The molecule has 3 rings (SSSR count). The summed E-state index contributed by atoms with van der Waals surface area (Å²) in [7, 11) is 0. The van der Waals surface area contributed by atoms with Crippen molar-refractivity contribution in [3.63, 3.8) is 0 Å². The maximum Gasteiger partial charge on any atom is 0.255 e. The number of rotatable bonds is 2. The molecule has 1 aromatic heterocycles. The van der Waals surface area contributed by atoms with Crippen LogP contribution in [0.25, 0.3) is 0 Å². The van der Waals surface area contributed by atoms with Crippen LogP contribution >= 0.6 is 0 Å². The molecule has 1 aliphatic rings. The average molecular weight is 310 g/mol. The van der Waals surface area contributed by atoms with Gasteiger partial charge in [-0.15, -0.1) is 0 Å². The summed E-state index contributed by atoms with van der Waals surface area (Å²) in [6.45, 7) is 8.13. The summed E-state index contributed by atoms with van der Waals surface area (Å²) in [5.41, 5.74) is 2.15. The van der Waals surface area contributed by atoms with Gasteiger partial charge in [-0.1, -0.05) is 30.3 Å². The van der Waals surface area contributed by atoms with Gasteiger partial charge in [0.15, 0.2) is 0 Å². The SMILES string of the molecule is CC(C)(C)n1ccc(C(=O)N2CCC[C@@H](c3ccccc3)C2)c1. The number of aromatic nitrogens is 1. The third kappa shape index (κ3) is 3.49. The lowest BCUT2D eigenvalue weighted by molar-refractivity contribution is 0.0707. The molecule has 0 aliphatic carbocycles. The monoisotopic (exact) mass is 310 g/mol. The smallest absolute Gasteiger partial charge is 0.255 e. The summed E-state index contributed by atoms with van der Waals surface area (Å²) < 4.78 is 2.11. The van der Waals surface area contributed by atoms with E-state index in [1.165, 1.54) is 5.56 Å². The lowest BCUT2D eigenvalue weighted by atomic mass is 9.90. The highest BCUT2D eigenvalue weighted by molar-refractivity contribution is 5.94. The van der Waals surface area contributed by atoms with Crippen LogP contribution in [0.5, 0.6) is 0 Å². The van der Waals surface area contributed by atoms with Gasteiger partial charge in [0, 0.05) is 36.9 Å². The van der Waals surface area contributed by atoms with Crippen molar-refractivity contribution in [2.24, 2.45) is 0 Å². The maximum absolute atomic E-state index is 12.8. The van der Waals surface area contributed by atoms with Gasteiger partial charge < -0.3 is 9.47 Å². The first-order chi connectivity index (χ1) is 10.9. The fraction of sp³-hybridized carbons (Fsp3) is 0.450. The van der Waals surface area contributed by atoms with E-state index in [-0.39, 0.29) is 11.4 Å². The summed E-state index contributed by atoms with van der Waals surface area (Å²) >= 11 is 0. The van der Waals surface area contributed by atoms with Gasteiger partial charge in [0.05, 0.1) is 5.56 Å². The quantitative estimate of drug-likeness (QED) is 0.813. The second-order valence-electron chi connectivity index (χ2n) is 7.48. The summed E-state index contributed by atoms with van der Waals surface area (Å²) in [4.78, 5) is 14.8. The molecular weight excluding hydrogens is 284 g/mol. The second kappa shape index (κ2) is 6.23. The number of piperidine rings is 1. The van der Waals surface area contributed by atoms with Gasteiger partial charge in [0.1, 0.15) is 0 Å². The third-order valence-corrected chi connectivity index (χ3v) is 4.69. The topological polar surface area (TPSA) is 25.2 Å². The van der Waals surface area contributed by atoms with E-state index in [9.17, 15) is 4.79 Å². The second-order valence-corrected chi connectivity index (χ2v) is 7.48. The molecule has 2 heterocycles. The number of amides is 1. The zero-order valence-electron chi connectivity index (χ0n) is 14.3. The zero-order valence-corrected chi connectivity index (χ0v) is 14.3. The highest BCUT2D eigenvalue weighted by Gasteiger charge is 2.26. The summed E-state index contributed by atoms with van der Waals surface area (Å²) in [5.74, 6) is 0.618. The van der Waals surface area contributed by atoms with Crippen molar-refractivity contribution in [1.29, 1.82) is 0 Å². The Morgan fingerprint density at radius 1 is 1.13 bits per heavy atom. The van der Waals surface area contributed by atoms with Crippen molar-refractivity contribution in [3.05, 3.63) is 59.9 Å². The molecule has 0 radical (unpaired) electrons. The number of carbonyl (C=O) groups excluding carboxylic acids is 1. The van der Waals surface area contributed by atoms with E-state index in [0.717, 1.165) is 31.5 Å². The highest BCUT2D eigenvalue weighted by atomic mass is 16.2. The molecule has 1 saturated heterocycles. The van der Waals surface area contributed by atoms with Crippen LogP contribution in [-0.4, -0.2) is 28.5 Å². The van der Waals surface area contributed by atoms with Gasteiger partial charge in [0.2, 0.25) is 0 Å². The Bertz CT molecular complexity index is 666. The molecule has 1 amide bonds. The van der Waals surface area contributed by atoms with Crippen LogP contribution in [0.3, 0.4) is 0 Å². The predicted molar refractivity (Wildman–Crippen MR) is 93.7 cm³/mol. The van der Waals surface area contributed by atoms with Crippen LogP contribution in [-0.2, 0) is 5.54 Å². The normalized spacial score (nSPS) is 18.9. The largest absolute Gasteiger partial charge is 0.348 e. The molecule has 1 aromatic carbocycles. The molecule has 122 valence electrons. The fourth-order valence-corrected chi connectivity index (χ4v) is 3.28. The number of benzene rings is 1. The van der Waals surface area contributed by atoms with E-state index in [1.54, 1.807) is 0 Å². The van der Waals surface area contributed by atoms with E-state index in [2.05, 4.69) is 49.6 Å². The molecule has 23 heavy (non-hydrogen) atoms. The van der Waals surface area contributed by atoms with E-state index in [1.807, 2.05) is 29.4 Å². The number of nitrogens with zero attached hydrogens (tertiary/aromatic N) is 2. The number of hydrogen-bond acceptors (Lipinski definition) is 1. The molecule has 2 aromatic rings. The van der Waals surface area contributed by atoms with E-state index >= 15 is 0 Å². The van der Waals surface area contributed by atoms with Crippen LogP contribution < -0.4 is 0 Å². The average Bonchev–Trinajstić information content (AvgIpc) is 3.05. The lowest BCUT2D eigenvalue weighted by Gasteiger charge is -2.33. The molecule has 0 unspecified atom stereocenters. The van der Waals surface area contributed by atoms with Crippen LogP contribution in [0, 0.1) is 0 Å². The van der Waals surface area contributed by atoms with E-state index < -0.39 is 0 Å². The van der Waals surface area contributed by atoms with Crippen LogP contribution in [0.15, 0.2) is 48.8 Å². The van der Waals surface area contributed by atoms with Crippen molar-refractivity contribution in [3.8, 4) is 0 Å². The van der Waals surface area contributed by atoms with Crippen molar-refractivity contribution >= 4 is 5.91 Å². The van der Waals surface area contributed by atoms with Gasteiger partial charge in [0.25, 0.3) is 5.91 Å². The summed E-state index contributed by atoms with van der Waals surface area (Å²) in [6, 6.07) is 12.5. The Balaban J connectivity index is 1.73. The van der Waals surface area contributed by atoms with Gasteiger partial charge >= 0.3 is 0 Å². The summed E-state index contributed by atoms with van der Waals surface area (Å²) in [5, 5.41) is 0. The van der Waals surface area contributed by atoms with Crippen LogP contribution in [0.1, 0.15) is 55.5 Å². The minimum atomic E-state index is 0.00695. The molecule has 0 spiro atoms. The Hall–Kier alpha value is -2.03. The Morgan fingerprint density at radius 2 is 1.87 bits per heavy atom. The molecule has 3 nitrogen and oxygen atoms in total. The number of hydrogen-bond donors (Lipinski definition) is 0. The van der Waals surface area contributed by atoms with Gasteiger partial charge in [-0.05, 0) is 45.2 Å². The Labute approximate surface area is 138 Å². The molecule has 1 aliphatic heterocycles. The summed E-state index contributed by atoms with van der Waals surface area (Å²) in [6.07, 6.45) is 6.22. The Kier molecular flexibility index (Phi) is 4.29. The molecular formula is C20H26N2O. The van der Waals surface area contributed by atoms with Gasteiger partial charge in [-0.25, -0.2) is 0 Å². The standard InChI is InChI=1S/C20H26N2O/c1-20(2,3)22-13-11-18(15-22)19(23)21-12-7-10-17(14-21)16-8-5-4-6-9-16/h4-6,8-9,11,13,15,17H,7,10,12,14H2,1-3H3/t17-/m1/s1. The third-order valence-electron chi connectivity index (χ3n) is 4.69. The van der Waals surface area contributed by atoms with Crippen molar-refractivity contribution in [1.82, 2.24) is 9.47 Å². The van der Waals surface area contributed by atoms with Crippen LogP contribution in [0.2, 0.25) is 0 Å². The van der Waals surface area contributed by atoms with Crippen molar-refractivity contribution in [2.45, 2.75) is 45.1 Å². The molecule has 0 saturated carbocycles. The van der Waals surface area contributed by atoms with Crippen LogP contribution in [0.4, 0.5) is 0 Å². The van der Waals surface area contributed by atoms with Gasteiger partial charge in [-0.3, -0.25) is 4.79 Å². The number of likely N-dealkylation sites (tertiary alicyclic amines) is 1. The first kappa shape index (κ1) is 15.9. The molecule has 0 bridgehead atoms. The highest BCUT2D eigenvalue weighted by Crippen LogP contribution is 2.28. The number of carbonyl (C=O) groups is 1. The minimum Gasteiger partial charge on any atom is -0.348 e. The molecule has 1 fully saturated rings. The zero-order chi connectivity index (χ0) is 16.4. The first-order valence-corrected chi connectivity index (χ1v) is 8.48. The molecule has 3 heteroatoms. The van der Waals surface area contributed by atoms with Crippen molar-refractivity contribution < 1.29 is 4.79 Å². The maximum atomic E-state index is 12.8. The van der Waals surface area contributed by atoms with Crippen molar-refractivity contribution in [2.75, 3.05) is 13.1 Å². The minimum absolute atomic E-state index is 0.00695. The van der Waals surface area contributed by atoms with E-state index in [0.29, 0.717) is 5.92 Å². The Morgan fingerprint density at radius 3 is 2.52 bits per heavy atom. The van der Waals surface area contributed by atoms with E-state index in [4.69, 9.17) is 0 Å². The van der Waals surface area contributed by atoms with Gasteiger partial charge in [-0.2, -0.15) is 0 Å².